The predicted octanol–water partition coefficient (Wildman–Crippen LogP) is 1.50. The molecule has 0 spiro atoms. The van der Waals surface area contributed by atoms with Crippen LogP contribution in [0.15, 0.2) is 65.5 Å². The van der Waals surface area contributed by atoms with Crippen molar-refractivity contribution in [2.75, 3.05) is 112 Å². The number of nitrogens with two attached hydrogens (primary N) is 2. The highest BCUT2D eigenvalue weighted by molar-refractivity contribution is 5.42. The minimum Gasteiger partial charge on any atom is -0.379 e. The SMILES string of the molecule is C=O.Cc1cccc(CN2CCOCCOCCN(C(c3ccc(CCOCCOCCN)cc3)c3cccc(=O)[nH]3)CCOCCOCC2)n1.NC=O. The molecule has 1 atom stereocenters. The lowest BCUT2D eigenvalue weighted by molar-refractivity contribution is -0.107. The second-order valence-electron chi connectivity index (χ2n) is 12.0. The summed E-state index contributed by atoms with van der Waals surface area (Å²) in [5.41, 5.74) is 14.6. The van der Waals surface area contributed by atoms with Gasteiger partial charge < -0.3 is 49.7 Å². The fourth-order valence-corrected chi connectivity index (χ4v) is 5.62. The third-order valence-corrected chi connectivity index (χ3v) is 8.14. The van der Waals surface area contributed by atoms with Gasteiger partial charge in [-0.1, -0.05) is 36.4 Å². The van der Waals surface area contributed by atoms with Crippen molar-refractivity contribution < 1.29 is 38.0 Å². The number of aryl methyl sites for hydroxylation is 1. The first-order valence-corrected chi connectivity index (χ1v) is 18.3. The van der Waals surface area contributed by atoms with Crippen LogP contribution in [-0.4, -0.2) is 145 Å². The van der Waals surface area contributed by atoms with E-state index in [2.05, 4.69) is 55.8 Å². The van der Waals surface area contributed by atoms with Crippen LogP contribution in [0.2, 0.25) is 0 Å². The lowest BCUT2D eigenvalue weighted by atomic mass is 9.99. The Morgan fingerprint density at radius 2 is 1.35 bits per heavy atom. The predicted molar refractivity (Wildman–Crippen MR) is 206 cm³/mol. The van der Waals surface area contributed by atoms with E-state index in [0.717, 1.165) is 48.7 Å². The third kappa shape index (κ3) is 20.0. The van der Waals surface area contributed by atoms with Gasteiger partial charge in [0.1, 0.15) is 6.79 Å². The average molecular weight is 757 g/mol. The largest absolute Gasteiger partial charge is 0.379 e. The average Bonchev–Trinajstić information content (AvgIpc) is 3.17. The van der Waals surface area contributed by atoms with Crippen LogP contribution in [0.25, 0.3) is 0 Å². The van der Waals surface area contributed by atoms with Gasteiger partial charge in [-0.05, 0) is 42.7 Å². The molecule has 1 amide bonds. The van der Waals surface area contributed by atoms with E-state index in [1.54, 1.807) is 6.07 Å². The van der Waals surface area contributed by atoms with Crippen molar-refractivity contribution in [3.63, 3.8) is 0 Å². The number of nitrogens with one attached hydrogen (secondary N) is 1. The highest BCUT2D eigenvalue weighted by Gasteiger charge is 2.23. The van der Waals surface area contributed by atoms with E-state index in [0.29, 0.717) is 98.9 Å². The molecule has 1 aliphatic heterocycles. The number of H-pyrrole nitrogens is 1. The van der Waals surface area contributed by atoms with Crippen molar-refractivity contribution in [1.82, 2.24) is 19.8 Å². The van der Waals surface area contributed by atoms with Gasteiger partial charge in [0.15, 0.2) is 0 Å². The number of pyridine rings is 2. The van der Waals surface area contributed by atoms with Gasteiger partial charge in [-0.25, -0.2) is 0 Å². The Hall–Kier alpha value is -3.90. The topological polar surface area (TPSA) is 194 Å². The molecule has 0 bridgehead atoms. The molecule has 4 rings (SSSR count). The number of nitrogens with zero attached hydrogens (tertiary/aromatic N) is 3. The molecule has 1 aromatic carbocycles. The summed E-state index contributed by atoms with van der Waals surface area (Å²) in [5, 5.41) is 0. The zero-order chi connectivity index (χ0) is 39.1. The molecular formula is C39H60N6O9. The molecule has 3 heterocycles. The van der Waals surface area contributed by atoms with Crippen LogP contribution >= 0.6 is 0 Å². The van der Waals surface area contributed by atoms with Crippen molar-refractivity contribution in [2.45, 2.75) is 25.9 Å². The lowest BCUT2D eigenvalue weighted by Gasteiger charge is -2.32. The number of carbonyl (C=O) groups excluding carboxylic acids is 2. The molecule has 15 nitrogen and oxygen atoms in total. The number of primary amides is 1. The summed E-state index contributed by atoms with van der Waals surface area (Å²) in [4.78, 5) is 41.3. The molecule has 300 valence electrons. The smallest absolute Gasteiger partial charge is 0.248 e. The highest BCUT2D eigenvalue weighted by Crippen LogP contribution is 2.27. The van der Waals surface area contributed by atoms with E-state index in [4.69, 9.17) is 43.7 Å². The first-order valence-electron chi connectivity index (χ1n) is 18.3. The Morgan fingerprint density at radius 1 is 0.796 bits per heavy atom. The summed E-state index contributed by atoms with van der Waals surface area (Å²) >= 11 is 0. The van der Waals surface area contributed by atoms with Crippen LogP contribution in [0.1, 0.15) is 34.3 Å². The van der Waals surface area contributed by atoms with Gasteiger partial charge in [-0.3, -0.25) is 24.4 Å². The van der Waals surface area contributed by atoms with Gasteiger partial charge in [0, 0.05) is 56.7 Å². The monoisotopic (exact) mass is 756 g/mol. The van der Waals surface area contributed by atoms with E-state index in [1.807, 2.05) is 31.9 Å². The first-order chi connectivity index (χ1) is 26.5. The van der Waals surface area contributed by atoms with Gasteiger partial charge in [0.05, 0.1) is 91.0 Å². The Labute approximate surface area is 319 Å². The summed E-state index contributed by atoms with van der Waals surface area (Å²) in [6, 6.07) is 19.7. The maximum atomic E-state index is 12.4. The van der Waals surface area contributed by atoms with E-state index in [1.165, 1.54) is 11.6 Å². The maximum absolute atomic E-state index is 12.4. The quantitative estimate of drug-likeness (QED) is 0.168. The molecule has 0 aliphatic carbocycles. The number of rotatable bonds is 13. The van der Waals surface area contributed by atoms with Gasteiger partial charge in [-0.15, -0.1) is 0 Å². The zero-order valence-electron chi connectivity index (χ0n) is 31.7. The molecule has 5 N–H and O–H groups in total. The summed E-state index contributed by atoms with van der Waals surface area (Å²) < 4.78 is 35.1. The van der Waals surface area contributed by atoms with E-state index < -0.39 is 0 Å². The molecule has 15 heteroatoms. The molecule has 54 heavy (non-hydrogen) atoms. The van der Waals surface area contributed by atoms with Crippen molar-refractivity contribution in [2.24, 2.45) is 11.5 Å². The minimum atomic E-state index is -0.196. The van der Waals surface area contributed by atoms with Gasteiger partial charge in [-0.2, -0.15) is 0 Å². The molecule has 1 aliphatic rings. The second kappa shape index (κ2) is 30.4. The van der Waals surface area contributed by atoms with Gasteiger partial charge >= 0.3 is 0 Å². The number of carbonyl (C=O) groups is 2. The van der Waals surface area contributed by atoms with E-state index >= 15 is 0 Å². The van der Waals surface area contributed by atoms with Crippen LogP contribution in [0.3, 0.4) is 0 Å². The summed E-state index contributed by atoms with van der Waals surface area (Å²) in [6.45, 7) is 14.6. The molecule has 3 aromatic rings. The Bertz CT molecular complexity index is 1410. The van der Waals surface area contributed by atoms with Crippen LogP contribution in [0.5, 0.6) is 0 Å². The Balaban J connectivity index is 0.00000192. The minimum absolute atomic E-state index is 0.136. The first kappa shape index (κ1) is 46.3. The normalized spacial score (nSPS) is 16.3. The van der Waals surface area contributed by atoms with Crippen molar-refractivity contribution in [3.8, 4) is 0 Å². The highest BCUT2D eigenvalue weighted by atomic mass is 16.5. The van der Waals surface area contributed by atoms with Crippen LogP contribution in [-0.2, 0) is 51.0 Å². The maximum Gasteiger partial charge on any atom is 0.248 e. The van der Waals surface area contributed by atoms with E-state index in [9.17, 15) is 4.79 Å². The molecule has 1 unspecified atom stereocenters. The third-order valence-electron chi connectivity index (χ3n) is 8.14. The number of aromatic nitrogens is 2. The van der Waals surface area contributed by atoms with Crippen LogP contribution in [0, 0.1) is 6.92 Å². The van der Waals surface area contributed by atoms with E-state index in [-0.39, 0.29) is 18.0 Å². The fourth-order valence-electron chi connectivity index (χ4n) is 5.62. The molecule has 1 saturated heterocycles. The standard InChI is InChI=1S/C37H55N5O7.CH3NO.CH2O/c1-31-4-2-5-34(39-31)30-41-14-20-46-26-28-48-22-16-42(17-23-49-29-27-47-21-15-41)37(35-6-3-7-36(43)40-35)33-10-8-32(9-11-33)12-18-44-24-25-45-19-13-38;2-1-3;1-2/h2-11,37H,12-30,38H2,1H3,(H,40,43);1H,(H2,2,3);1H2. The number of hydrogen-bond donors (Lipinski definition) is 3. The zero-order valence-corrected chi connectivity index (χ0v) is 31.7. The number of hydrogen-bond acceptors (Lipinski definition) is 13. The number of aromatic amines is 1. The molecule has 1 fully saturated rings. The molecule has 0 radical (unpaired) electrons. The lowest BCUT2D eigenvalue weighted by Crippen LogP contribution is -2.37. The van der Waals surface area contributed by atoms with Gasteiger partial charge in [0.25, 0.3) is 0 Å². The number of benzene rings is 1. The Kier molecular flexibility index (Phi) is 26.1. The van der Waals surface area contributed by atoms with Gasteiger partial charge in [0.2, 0.25) is 12.0 Å². The van der Waals surface area contributed by atoms with Crippen molar-refractivity contribution in [1.29, 1.82) is 0 Å². The molecule has 0 saturated carbocycles. The Morgan fingerprint density at radius 3 is 1.91 bits per heavy atom. The summed E-state index contributed by atoms with van der Waals surface area (Å²) in [7, 11) is 0. The second-order valence-corrected chi connectivity index (χ2v) is 12.0. The molecular weight excluding hydrogens is 696 g/mol. The van der Waals surface area contributed by atoms with Crippen molar-refractivity contribution in [3.05, 3.63) is 99.2 Å². The summed E-state index contributed by atoms with van der Waals surface area (Å²) in [5.74, 6) is 0. The van der Waals surface area contributed by atoms with Crippen LogP contribution in [0.4, 0.5) is 0 Å². The van der Waals surface area contributed by atoms with Crippen LogP contribution < -0.4 is 17.0 Å². The van der Waals surface area contributed by atoms with Crippen molar-refractivity contribution >= 4 is 13.2 Å². The summed E-state index contributed by atoms with van der Waals surface area (Å²) in [6.07, 6.45) is 1.04. The number of ether oxygens (including phenoxy) is 6. The fraction of sp³-hybridized carbons (Fsp3) is 0.538. The molecule has 2 aromatic heterocycles. The number of amides is 1.